The number of nitrogens with one attached hydrogen (secondary N) is 1. The van der Waals surface area contributed by atoms with Gasteiger partial charge in [-0.15, -0.1) is 11.8 Å². The van der Waals surface area contributed by atoms with Crippen LogP contribution in [0, 0.1) is 13.8 Å². The van der Waals surface area contributed by atoms with Crippen molar-refractivity contribution in [2.75, 3.05) is 12.4 Å². The molecule has 1 amide bonds. The van der Waals surface area contributed by atoms with Crippen LogP contribution in [0.1, 0.15) is 23.9 Å². The molecule has 0 radical (unpaired) electrons. The van der Waals surface area contributed by atoms with E-state index < -0.39 is 0 Å². The van der Waals surface area contributed by atoms with Gasteiger partial charge in [0, 0.05) is 17.4 Å². The van der Waals surface area contributed by atoms with E-state index in [1.165, 1.54) is 11.8 Å². The van der Waals surface area contributed by atoms with Crippen molar-refractivity contribution in [3.63, 3.8) is 0 Å². The van der Waals surface area contributed by atoms with Crippen molar-refractivity contribution >= 4 is 17.7 Å². The molecule has 1 atom stereocenters. The third kappa shape index (κ3) is 4.40. The molecule has 0 bridgehead atoms. The molecule has 2 N–H and O–H groups in total. The molecule has 0 saturated carbocycles. The monoisotopic (exact) mass is 258 g/mol. The largest absolute Gasteiger partial charge is 0.394 e. The highest BCUT2D eigenvalue weighted by molar-refractivity contribution is 7.99. The average molecular weight is 258 g/mol. The van der Waals surface area contributed by atoms with Crippen molar-refractivity contribution in [2.45, 2.75) is 32.6 Å². The lowest BCUT2D eigenvalue weighted by Gasteiger charge is -2.10. The van der Waals surface area contributed by atoms with Gasteiger partial charge in [0.25, 0.3) is 0 Å². The Labute approximate surface area is 105 Å². The van der Waals surface area contributed by atoms with E-state index in [4.69, 9.17) is 9.63 Å². The maximum atomic E-state index is 11.4. The van der Waals surface area contributed by atoms with Crippen molar-refractivity contribution < 1.29 is 14.4 Å². The maximum Gasteiger partial charge on any atom is 0.230 e. The second-order valence-electron chi connectivity index (χ2n) is 3.95. The molecule has 0 unspecified atom stereocenters. The molecule has 96 valence electrons. The highest BCUT2D eigenvalue weighted by Gasteiger charge is 2.10. The molecule has 1 aromatic rings. The second kappa shape index (κ2) is 6.66. The van der Waals surface area contributed by atoms with Crippen molar-refractivity contribution in [3.05, 3.63) is 17.0 Å². The fourth-order valence-electron chi connectivity index (χ4n) is 1.32. The van der Waals surface area contributed by atoms with Gasteiger partial charge in [0.15, 0.2) is 0 Å². The van der Waals surface area contributed by atoms with Gasteiger partial charge in [-0.1, -0.05) is 5.16 Å². The van der Waals surface area contributed by atoms with Crippen molar-refractivity contribution in [1.82, 2.24) is 10.5 Å². The van der Waals surface area contributed by atoms with Gasteiger partial charge in [-0.25, -0.2) is 0 Å². The van der Waals surface area contributed by atoms with Crippen molar-refractivity contribution in [2.24, 2.45) is 0 Å². The lowest BCUT2D eigenvalue weighted by Crippen LogP contribution is -2.36. The van der Waals surface area contributed by atoms with E-state index in [0.29, 0.717) is 11.5 Å². The smallest absolute Gasteiger partial charge is 0.230 e. The molecule has 0 aromatic carbocycles. The average Bonchev–Trinajstić information content (AvgIpc) is 2.60. The van der Waals surface area contributed by atoms with Crippen LogP contribution in [0.4, 0.5) is 0 Å². The Bertz CT molecular complexity index is 359. The minimum Gasteiger partial charge on any atom is -0.394 e. The molecule has 0 aliphatic rings. The molecule has 1 aromatic heterocycles. The third-order valence-electron chi connectivity index (χ3n) is 2.34. The molecule has 0 aliphatic heterocycles. The number of thioether (sulfide) groups is 1. The Morgan fingerprint density at radius 3 is 2.82 bits per heavy atom. The third-order valence-corrected chi connectivity index (χ3v) is 3.30. The van der Waals surface area contributed by atoms with Crippen LogP contribution in [-0.2, 0) is 10.5 Å². The number of amides is 1. The summed E-state index contributed by atoms with van der Waals surface area (Å²) in [5.41, 5.74) is 1.93. The van der Waals surface area contributed by atoms with Gasteiger partial charge >= 0.3 is 0 Å². The zero-order valence-corrected chi connectivity index (χ0v) is 11.1. The molecular weight excluding hydrogens is 240 g/mol. The van der Waals surface area contributed by atoms with Gasteiger partial charge in [0.2, 0.25) is 5.91 Å². The summed E-state index contributed by atoms with van der Waals surface area (Å²) in [6.45, 7) is 5.47. The lowest BCUT2D eigenvalue weighted by atomic mass is 10.2. The van der Waals surface area contributed by atoms with Crippen LogP contribution in [-0.4, -0.2) is 34.6 Å². The van der Waals surface area contributed by atoms with Gasteiger partial charge < -0.3 is 14.9 Å². The summed E-state index contributed by atoms with van der Waals surface area (Å²) in [7, 11) is 0. The van der Waals surface area contributed by atoms with E-state index in [1.807, 2.05) is 13.8 Å². The van der Waals surface area contributed by atoms with Gasteiger partial charge in [-0.2, -0.15) is 0 Å². The lowest BCUT2D eigenvalue weighted by molar-refractivity contribution is -0.119. The highest BCUT2D eigenvalue weighted by Crippen LogP contribution is 2.19. The van der Waals surface area contributed by atoms with E-state index in [0.717, 1.165) is 17.0 Å². The van der Waals surface area contributed by atoms with Gasteiger partial charge in [0.05, 0.1) is 18.1 Å². The quantitative estimate of drug-likeness (QED) is 0.797. The number of hydrogen-bond donors (Lipinski definition) is 2. The Morgan fingerprint density at radius 1 is 1.59 bits per heavy atom. The minimum absolute atomic E-state index is 0.0414. The van der Waals surface area contributed by atoms with Gasteiger partial charge in [-0.3, -0.25) is 4.79 Å². The van der Waals surface area contributed by atoms with Crippen molar-refractivity contribution in [3.8, 4) is 0 Å². The molecule has 5 nitrogen and oxygen atoms in total. The number of aryl methyl sites for hydroxylation is 2. The number of aliphatic hydroxyl groups excluding tert-OH is 1. The Balaban J connectivity index is 2.31. The Morgan fingerprint density at radius 2 is 2.29 bits per heavy atom. The van der Waals surface area contributed by atoms with Gasteiger partial charge in [-0.05, 0) is 20.8 Å². The van der Waals surface area contributed by atoms with E-state index >= 15 is 0 Å². The van der Waals surface area contributed by atoms with Crippen LogP contribution in [0.15, 0.2) is 4.52 Å². The number of aliphatic hydroxyl groups is 1. The molecular formula is C11H18N2O3S. The zero-order chi connectivity index (χ0) is 12.8. The van der Waals surface area contributed by atoms with Crippen LogP contribution in [0.25, 0.3) is 0 Å². The molecule has 0 spiro atoms. The molecule has 1 rings (SSSR count). The summed E-state index contributed by atoms with van der Waals surface area (Å²) in [4.78, 5) is 11.4. The predicted molar refractivity (Wildman–Crippen MR) is 66.8 cm³/mol. The molecule has 1 heterocycles. The first-order valence-electron chi connectivity index (χ1n) is 5.44. The van der Waals surface area contributed by atoms with E-state index in [2.05, 4.69) is 10.5 Å². The predicted octanol–water partition coefficient (Wildman–Crippen LogP) is 1.02. The fourth-order valence-corrected chi connectivity index (χ4v) is 2.30. The van der Waals surface area contributed by atoms with Crippen LogP contribution < -0.4 is 5.32 Å². The number of carbonyl (C=O) groups is 1. The highest BCUT2D eigenvalue weighted by atomic mass is 32.2. The minimum atomic E-state index is -0.192. The summed E-state index contributed by atoms with van der Waals surface area (Å²) in [6, 6.07) is -0.192. The zero-order valence-electron chi connectivity index (χ0n) is 10.3. The summed E-state index contributed by atoms with van der Waals surface area (Å²) in [5, 5.41) is 15.3. The number of carbonyl (C=O) groups excluding carboxylic acids is 1. The molecule has 0 saturated heterocycles. The van der Waals surface area contributed by atoms with Gasteiger partial charge in [0.1, 0.15) is 5.76 Å². The second-order valence-corrected chi connectivity index (χ2v) is 4.93. The van der Waals surface area contributed by atoms with E-state index in [9.17, 15) is 4.79 Å². The summed E-state index contributed by atoms with van der Waals surface area (Å²) in [6.07, 6.45) is 0. The normalized spacial score (nSPS) is 12.5. The topological polar surface area (TPSA) is 75.4 Å². The Kier molecular flexibility index (Phi) is 5.50. The van der Waals surface area contributed by atoms with E-state index in [-0.39, 0.29) is 18.6 Å². The van der Waals surface area contributed by atoms with Crippen LogP contribution >= 0.6 is 11.8 Å². The number of rotatable bonds is 6. The molecule has 0 aliphatic carbocycles. The summed E-state index contributed by atoms with van der Waals surface area (Å²) < 4.78 is 5.04. The standard InChI is InChI=1S/C11H18N2O3S/c1-7(4-14)12-11(15)6-17-5-10-8(2)13-16-9(10)3/h7,14H,4-6H2,1-3H3,(H,12,15)/t7-/m1/s1. The number of nitrogens with zero attached hydrogens (tertiary/aromatic N) is 1. The first kappa shape index (κ1) is 14.1. The van der Waals surface area contributed by atoms with Crippen molar-refractivity contribution in [1.29, 1.82) is 0 Å². The first-order valence-corrected chi connectivity index (χ1v) is 6.59. The summed E-state index contributed by atoms with van der Waals surface area (Å²) in [5.74, 6) is 1.82. The summed E-state index contributed by atoms with van der Waals surface area (Å²) >= 11 is 1.51. The number of aromatic nitrogens is 1. The van der Waals surface area contributed by atoms with Crippen LogP contribution in [0.3, 0.4) is 0 Å². The van der Waals surface area contributed by atoms with Crippen LogP contribution in [0.5, 0.6) is 0 Å². The fraction of sp³-hybridized carbons (Fsp3) is 0.636. The molecule has 17 heavy (non-hydrogen) atoms. The van der Waals surface area contributed by atoms with Crippen LogP contribution in [0.2, 0.25) is 0 Å². The maximum absolute atomic E-state index is 11.4. The SMILES string of the molecule is Cc1noc(C)c1CSCC(=O)N[C@H](C)CO. The first-order chi connectivity index (χ1) is 8.04. The Hall–Kier alpha value is -1.01. The molecule has 6 heteroatoms. The molecule has 0 fully saturated rings. The number of hydrogen-bond acceptors (Lipinski definition) is 5. The van der Waals surface area contributed by atoms with E-state index in [1.54, 1.807) is 6.92 Å².